The van der Waals surface area contributed by atoms with Crippen LogP contribution in [0.1, 0.15) is 17.3 Å². The number of benzene rings is 2. The zero-order valence-electron chi connectivity index (χ0n) is 11.9. The van der Waals surface area contributed by atoms with Gasteiger partial charge in [0.2, 0.25) is 0 Å². The van der Waals surface area contributed by atoms with Gasteiger partial charge in [0.15, 0.2) is 6.61 Å². The average Bonchev–Trinajstić information content (AvgIpc) is 2.52. The van der Waals surface area contributed by atoms with Gasteiger partial charge < -0.3 is 14.2 Å². The third-order valence-corrected chi connectivity index (χ3v) is 2.92. The average molecular weight is 288 g/mol. The quantitative estimate of drug-likeness (QED) is 0.791. The highest BCUT2D eigenvalue weighted by Crippen LogP contribution is 2.30. The van der Waals surface area contributed by atoms with Crippen LogP contribution in [-0.4, -0.2) is 32.3 Å². The molecule has 0 aliphatic rings. The summed E-state index contributed by atoms with van der Waals surface area (Å²) in [6.07, 6.45) is 0. The molecule has 2 rings (SSSR count). The van der Waals surface area contributed by atoms with Crippen molar-refractivity contribution in [1.29, 1.82) is 0 Å². The van der Waals surface area contributed by atoms with E-state index in [4.69, 9.17) is 14.2 Å². The molecule has 0 aliphatic carbocycles. The minimum Gasteiger partial charge on any atom is -0.480 e. The summed E-state index contributed by atoms with van der Waals surface area (Å²) in [6.45, 7) is 1.74. The first-order valence-electron chi connectivity index (χ1n) is 6.55. The van der Waals surface area contributed by atoms with Gasteiger partial charge in [-0.3, -0.25) is 0 Å². The number of carbonyl (C=O) groups is 2. The van der Waals surface area contributed by atoms with Crippen molar-refractivity contribution in [3.8, 4) is 5.75 Å². The zero-order valence-corrected chi connectivity index (χ0v) is 11.9. The Labute approximate surface area is 122 Å². The monoisotopic (exact) mass is 288 g/mol. The predicted octanol–water partition coefficient (Wildman–Crippen LogP) is 2.57. The first-order chi connectivity index (χ1) is 10.2. The number of esters is 2. The fourth-order valence-corrected chi connectivity index (χ4v) is 2.00. The summed E-state index contributed by atoms with van der Waals surface area (Å²) in [5.74, 6) is -0.672. The van der Waals surface area contributed by atoms with Crippen molar-refractivity contribution in [2.45, 2.75) is 6.92 Å². The van der Waals surface area contributed by atoms with Crippen LogP contribution in [0.15, 0.2) is 36.4 Å². The Morgan fingerprint density at radius 2 is 1.86 bits per heavy atom. The highest BCUT2D eigenvalue weighted by Gasteiger charge is 2.17. The first kappa shape index (κ1) is 14.8. The molecule has 0 N–H and O–H groups in total. The molecule has 0 heterocycles. The standard InChI is InChI=1S/C16H16O5/c1-3-20-14(17)10-21-15-12-7-5-4-6-11(12)8-9-13(15)16(18)19-2/h4-9H,3,10H2,1-2H3. The van der Waals surface area contributed by atoms with E-state index in [1.54, 1.807) is 19.1 Å². The molecule has 0 radical (unpaired) electrons. The normalized spacial score (nSPS) is 10.2. The Morgan fingerprint density at radius 1 is 1.10 bits per heavy atom. The Morgan fingerprint density at radius 3 is 2.57 bits per heavy atom. The van der Waals surface area contributed by atoms with E-state index >= 15 is 0 Å². The maximum absolute atomic E-state index is 11.8. The van der Waals surface area contributed by atoms with Gasteiger partial charge in [-0.05, 0) is 18.4 Å². The van der Waals surface area contributed by atoms with Gasteiger partial charge in [0.05, 0.1) is 13.7 Å². The Kier molecular flexibility index (Phi) is 4.77. The van der Waals surface area contributed by atoms with Crippen molar-refractivity contribution in [1.82, 2.24) is 0 Å². The van der Waals surface area contributed by atoms with Crippen molar-refractivity contribution in [3.05, 3.63) is 42.0 Å². The molecule has 5 heteroatoms. The van der Waals surface area contributed by atoms with Crippen LogP contribution in [0.25, 0.3) is 10.8 Å². The fourth-order valence-electron chi connectivity index (χ4n) is 2.00. The second-order valence-electron chi connectivity index (χ2n) is 4.25. The smallest absolute Gasteiger partial charge is 0.344 e. The lowest BCUT2D eigenvalue weighted by molar-refractivity contribution is -0.145. The molecule has 2 aromatic carbocycles. The molecule has 0 unspecified atom stereocenters. The summed E-state index contributed by atoms with van der Waals surface area (Å²) in [5, 5.41) is 1.65. The summed E-state index contributed by atoms with van der Waals surface area (Å²) in [5.41, 5.74) is 0.278. The number of hydrogen-bond donors (Lipinski definition) is 0. The molecule has 0 spiro atoms. The van der Waals surface area contributed by atoms with Crippen LogP contribution in [0.2, 0.25) is 0 Å². The van der Waals surface area contributed by atoms with Gasteiger partial charge in [-0.1, -0.05) is 30.3 Å². The molecule has 2 aromatic rings. The predicted molar refractivity (Wildman–Crippen MR) is 77.4 cm³/mol. The van der Waals surface area contributed by atoms with E-state index in [9.17, 15) is 9.59 Å². The first-order valence-corrected chi connectivity index (χ1v) is 6.55. The summed E-state index contributed by atoms with van der Waals surface area (Å²) >= 11 is 0. The molecule has 0 saturated heterocycles. The molecule has 0 fully saturated rings. The van der Waals surface area contributed by atoms with E-state index in [0.717, 1.165) is 10.8 Å². The van der Waals surface area contributed by atoms with Crippen LogP contribution in [-0.2, 0) is 14.3 Å². The van der Waals surface area contributed by atoms with Crippen molar-refractivity contribution < 1.29 is 23.8 Å². The molecular formula is C16H16O5. The second-order valence-corrected chi connectivity index (χ2v) is 4.25. The maximum Gasteiger partial charge on any atom is 0.344 e. The van der Waals surface area contributed by atoms with Crippen LogP contribution in [0.3, 0.4) is 0 Å². The minimum atomic E-state index is -0.514. The number of ether oxygens (including phenoxy) is 3. The van der Waals surface area contributed by atoms with Crippen LogP contribution in [0.4, 0.5) is 0 Å². The van der Waals surface area contributed by atoms with Crippen LogP contribution < -0.4 is 4.74 Å². The van der Waals surface area contributed by atoms with Gasteiger partial charge in [0.25, 0.3) is 0 Å². The highest BCUT2D eigenvalue weighted by atomic mass is 16.6. The summed E-state index contributed by atoms with van der Waals surface area (Å²) < 4.78 is 15.1. The van der Waals surface area contributed by atoms with Crippen molar-refractivity contribution in [3.63, 3.8) is 0 Å². The van der Waals surface area contributed by atoms with Gasteiger partial charge in [0.1, 0.15) is 11.3 Å². The SMILES string of the molecule is CCOC(=O)COc1c(C(=O)OC)ccc2ccccc12. The van der Waals surface area contributed by atoms with Crippen LogP contribution in [0, 0.1) is 0 Å². The van der Waals surface area contributed by atoms with E-state index in [1.165, 1.54) is 7.11 Å². The largest absolute Gasteiger partial charge is 0.480 e. The molecule has 0 amide bonds. The third kappa shape index (κ3) is 3.31. The lowest BCUT2D eigenvalue weighted by Crippen LogP contribution is -2.16. The van der Waals surface area contributed by atoms with Gasteiger partial charge in [-0.25, -0.2) is 9.59 Å². The number of carbonyl (C=O) groups excluding carboxylic acids is 2. The number of fused-ring (bicyclic) bond motifs is 1. The van der Waals surface area contributed by atoms with E-state index < -0.39 is 11.9 Å². The maximum atomic E-state index is 11.8. The van der Waals surface area contributed by atoms with E-state index in [0.29, 0.717) is 5.75 Å². The highest BCUT2D eigenvalue weighted by molar-refractivity contribution is 6.01. The summed E-state index contributed by atoms with van der Waals surface area (Å²) in [4.78, 5) is 23.3. The molecular weight excluding hydrogens is 272 g/mol. The Balaban J connectivity index is 2.41. The number of rotatable bonds is 5. The Bertz CT molecular complexity index is 663. The lowest BCUT2D eigenvalue weighted by atomic mass is 10.1. The molecule has 0 atom stereocenters. The zero-order chi connectivity index (χ0) is 15.2. The molecule has 0 bridgehead atoms. The lowest BCUT2D eigenvalue weighted by Gasteiger charge is -2.12. The Hall–Kier alpha value is -2.56. The third-order valence-electron chi connectivity index (χ3n) is 2.92. The second kappa shape index (κ2) is 6.74. The molecule has 0 saturated carbocycles. The van der Waals surface area contributed by atoms with E-state index in [-0.39, 0.29) is 18.8 Å². The molecule has 110 valence electrons. The molecule has 0 aliphatic heterocycles. The van der Waals surface area contributed by atoms with Gasteiger partial charge in [0, 0.05) is 5.39 Å². The van der Waals surface area contributed by atoms with E-state index in [2.05, 4.69) is 0 Å². The summed E-state index contributed by atoms with van der Waals surface area (Å²) in [6, 6.07) is 10.9. The number of methoxy groups -OCH3 is 1. The minimum absolute atomic E-state index is 0.258. The van der Waals surface area contributed by atoms with Crippen LogP contribution in [0.5, 0.6) is 5.75 Å². The molecule has 21 heavy (non-hydrogen) atoms. The summed E-state index contributed by atoms with van der Waals surface area (Å²) in [7, 11) is 1.30. The molecule has 5 nitrogen and oxygen atoms in total. The van der Waals surface area contributed by atoms with Crippen molar-refractivity contribution >= 4 is 22.7 Å². The van der Waals surface area contributed by atoms with Crippen molar-refractivity contribution in [2.75, 3.05) is 20.3 Å². The van der Waals surface area contributed by atoms with Crippen LogP contribution >= 0.6 is 0 Å². The molecule has 0 aromatic heterocycles. The fraction of sp³-hybridized carbons (Fsp3) is 0.250. The van der Waals surface area contributed by atoms with E-state index in [1.807, 2.05) is 24.3 Å². The van der Waals surface area contributed by atoms with Crippen molar-refractivity contribution in [2.24, 2.45) is 0 Å². The van der Waals surface area contributed by atoms with Gasteiger partial charge >= 0.3 is 11.9 Å². The van der Waals surface area contributed by atoms with Gasteiger partial charge in [-0.15, -0.1) is 0 Å². The number of hydrogen-bond acceptors (Lipinski definition) is 5. The van der Waals surface area contributed by atoms with Gasteiger partial charge in [-0.2, -0.15) is 0 Å². The topological polar surface area (TPSA) is 61.8 Å².